The number of imide groups is 1. The molecular weight excluding hydrogens is 454 g/mol. The van der Waals surface area contributed by atoms with Crippen LogP contribution in [-0.2, 0) is 9.59 Å². The summed E-state index contributed by atoms with van der Waals surface area (Å²) in [4.78, 5) is 29.0. The van der Waals surface area contributed by atoms with Gasteiger partial charge in [-0.25, -0.2) is 4.90 Å². The number of rotatable bonds is 3. The van der Waals surface area contributed by atoms with E-state index in [0.29, 0.717) is 10.7 Å². The minimum absolute atomic E-state index is 0.0939. The van der Waals surface area contributed by atoms with E-state index in [-0.39, 0.29) is 35.5 Å². The number of hydrogen-bond donors (Lipinski definition) is 0. The minimum Gasteiger partial charge on any atom is -0.274 e. The van der Waals surface area contributed by atoms with Crippen molar-refractivity contribution in [1.29, 1.82) is 0 Å². The molecule has 1 saturated carbocycles. The van der Waals surface area contributed by atoms with Crippen LogP contribution in [-0.4, -0.2) is 11.8 Å². The third-order valence-corrected chi connectivity index (χ3v) is 8.03. The maximum Gasteiger partial charge on any atom is 0.238 e. The van der Waals surface area contributed by atoms with Crippen molar-refractivity contribution in [2.45, 2.75) is 20.8 Å². The molecule has 4 heteroatoms. The summed E-state index contributed by atoms with van der Waals surface area (Å²) in [6, 6.07) is 22.4. The fraction of sp³-hybridized carbons (Fsp3) is 0.226. The van der Waals surface area contributed by atoms with E-state index in [0.717, 1.165) is 22.3 Å². The lowest BCUT2D eigenvalue weighted by molar-refractivity contribution is -0.122. The molecule has 0 unspecified atom stereocenters. The van der Waals surface area contributed by atoms with Crippen LogP contribution in [0.2, 0.25) is 5.02 Å². The molecule has 3 aliphatic rings. The molecule has 6 rings (SSSR count). The smallest absolute Gasteiger partial charge is 0.238 e. The molecule has 3 aromatic carbocycles. The summed E-state index contributed by atoms with van der Waals surface area (Å²) in [7, 11) is 0. The first-order chi connectivity index (χ1) is 16.8. The zero-order valence-corrected chi connectivity index (χ0v) is 20.7. The Kier molecular flexibility index (Phi) is 5.08. The summed E-state index contributed by atoms with van der Waals surface area (Å²) in [5.74, 6) is -1.18. The maximum absolute atomic E-state index is 13.8. The molecule has 3 aromatic rings. The number of benzene rings is 3. The largest absolute Gasteiger partial charge is 0.274 e. The van der Waals surface area contributed by atoms with Crippen LogP contribution in [0.25, 0.3) is 5.57 Å². The predicted molar refractivity (Wildman–Crippen MR) is 140 cm³/mol. The highest BCUT2D eigenvalue weighted by atomic mass is 35.5. The van der Waals surface area contributed by atoms with Gasteiger partial charge in [0.25, 0.3) is 0 Å². The summed E-state index contributed by atoms with van der Waals surface area (Å²) >= 11 is 6.23. The van der Waals surface area contributed by atoms with Gasteiger partial charge in [-0.15, -0.1) is 0 Å². The van der Waals surface area contributed by atoms with Crippen molar-refractivity contribution in [3.8, 4) is 0 Å². The molecule has 4 atom stereocenters. The zero-order chi connectivity index (χ0) is 24.4. The van der Waals surface area contributed by atoms with Crippen molar-refractivity contribution in [2.75, 3.05) is 4.90 Å². The van der Waals surface area contributed by atoms with Gasteiger partial charge in [0.15, 0.2) is 0 Å². The molecule has 1 aliphatic heterocycles. The highest BCUT2D eigenvalue weighted by molar-refractivity contribution is 6.31. The Morgan fingerprint density at radius 3 is 1.69 bits per heavy atom. The topological polar surface area (TPSA) is 37.4 Å². The highest BCUT2D eigenvalue weighted by Gasteiger charge is 2.62. The van der Waals surface area contributed by atoms with Crippen molar-refractivity contribution < 1.29 is 9.59 Å². The standard InChI is InChI=1S/C31H26ClNO2/c1-17-4-9-20(10-5-17)26(21-11-6-18(2)7-12-21)27-23-14-15-24(27)29-28(23)30(34)33(31(29)35)25-16-22(32)13-8-19(25)3/h4-16,23-24,28-29H,1-3H3/t23-,24-,28-,29+/m1/s1. The van der Waals surface area contributed by atoms with Crippen LogP contribution in [0, 0.1) is 44.4 Å². The number of aryl methyl sites for hydroxylation is 3. The van der Waals surface area contributed by atoms with E-state index in [2.05, 4.69) is 74.5 Å². The molecule has 0 radical (unpaired) electrons. The zero-order valence-electron chi connectivity index (χ0n) is 20.0. The summed E-state index contributed by atoms with van der Waals surface area (Å²) in [6.45, 7) is 6.07. The van der Waals surface area contributed by atoms with Crippen molar-refractivity contribution in [1.82, 2.24) is 0 Å². The van der Waals surface area contributed by atoms with E-state index in [4.69, 9.17) is 11.6 Å². The first-order valence-electron chi connectivity index (χ1n) is 12.1. The number of allylic oxidation sites excluding steroid dienone is 3. The second-order valence-electron chi connectivity index (χ2n) is 9.99. The Bertz CT molecular complexity index is 1350. The van der Waals surface area contributed by atoms with Crippen molar-refractivity contribution in [3.05, 3.63) is 117 Å². The van der Waals surface area contributed by atoms with Gasteiger partial charge in [0.05, 0.1) is 17.5 Å². The predicted octanol–water partition coefficient (Wildman–Crippen LogP) is 6.69. The Labute approximate surface area is 210 Å². The quantitative estimate of drug-likeness (QED) is 0.310. The van der Waals surface area contributed by atoms with Gasteiger partial charge in [-0.3, -0.25) is 9.59 Å². The van der Waals surface area contributed by atoms with Crippen molar-refractivity contribution in [2.24, 2.45) is 23.7 Å². The Balaban J connectivity index is 1.49. The number of hydrogen-bond acceptors (Lipinski definition) is 2. The van der Waals surface area contributed by atoms with Gasteiger partial charge in [-0.2, -0.15) is 0 Å². The molecule has 0 N–H and O–H groups in total. The van der Waals surface area contributed by atoms with Crippen LogP contribution >= 0.6 is 11.6 Å². The summed E-state index contributed by atoms with van der Waals surface area (Å²) in [5.41, 5.74) is 8.44. The molecule has 2 aliphatic carbocycles. The van der Waals surface area contributed by atoms with Crippen molar-refractivity contribution >= 4 is 34.7 Å². The molecule has 0 aromatic heterocycles. The average molecular weight is 480 g/mol. The van der Waals surface area contributed by atoms with Gasteiger partial charge >= 0.3 is 0 Å². The summed E-state index contributed by atoms with van der Waals surface area (Å²) < 4.78 is 0. The third-order valence-electron chi connectivity index (χ3n) is 7.80. The lowest BCUT2D eigenvalue weighted by Gasteiger charge is -2.23. The average Bonchev–Trinajstić information content (AvgIpc) is 3.47. The Hall–Kier alpha value is -3.43. The molecule has 2 bridgehead atoms. The van der Waals surface area contributed by atoms with Crippen LogP contribution in [0.4, 0.5) is 5.69 Å². The molecule has 3 nitrogen and oxygen atoms in total. The molecular formula is C31H26ClNO2. The second-order valence-corrected chi connectivity index (χ2v) is 10.4. The fourth-order valence-corrected chi connectivity index (χ4v) is 6.26. The molecule has 174 valence electrons. The summed E-state index contributed by atoms with van der Waals surface area (Å²) in [5, 5.41) is 0.519. The minimum atomic E-state index is -0.378. The van der Waals surface area contributed by atoms with Crippen LogP contribution in [0.5, 0.6) is 0 Å². The second kappa shape index (κ2) is 8.07. The van der Waals surface area contributed by atoms with Crippen molar-refractivity contribution in [3.63, 3.8) is 0 Å². The van der Waals surface area contributed by atoms with Crippen LogP contribution < -0.4 is 4.90 Å². The number of fused-ring (bicyclic) bond motifs is 5. The highest BCUT2D eigenvalue weighted by Crippen LogP contribution is 2.59. The van der Waals surface area contributed by atoms with E-state index in [1.165, 1.54) is 21.6 Å². The van der Waals surface area contributed by atoms with Gasteiger partial charge < -0.3 is 0 Å². The van der Waals surface area contributed by atoms with Gasteiger partial charge in [0.1, 0.15) is 0 Å². The molecule has 1 saturated heterocycles. The normalized spacial score (nSPS) is 24.5. The Morgan fingerprint density at radius 1 is 0.714 bits per heavy atom. The molecule has 0 spiro atoms. The fourth-order valence-electron chi connectivity index (χ4n) is 6.10. The number of halogens is 1. The molecule has 2 fully saturated rings. The molecule has 2 amide bonds. The number of nitrogens with zero attached hydrogens (tertiary/aromatic N) is 1. The van der Waals surface area contributed by atoms with E-state index in [1.54, 1.807) is 12.1 Å². The van der Waals surface area contributed by atoms with E-state index in [9.17, 15) is 9.59 Å². The van der Waals surface area contributed by atoms with E-state index in [1.807, 2.05) is 13.0 Å². The third kappa shape index (κ3) is 3.33. The number of anilines is 1. The van der Waals surface area contributed by atoms with Crippen LogP contribution in [0.3, 0.4) is 0 Å². The number of carbonyl (C=O) groups excluding carboxylic acids is 2. The van der Waals surface area contributed by atoms with Gasteiger partial charge in [-0.05, 0) is 60.7 Å². The SMILES string of the molecule is Cc1ccc(C(=C2[C@H]3C=C[C@H]2[C@H]2C(=O)N(c4cc(Cl)ccc4C)C(=O)[C@H]23)c2ccc(C)cc2)cc1. The van der Waals surface area contributed by atoms with Gasteiger partial charge in [-0.1, -0.05) is 89.5 Å². The lowest BCUT2D eigenvalue weighted by atomic mass is 9.85. The number of carbonyl (C=O) groups is 2. The first kappa shape index (κ1) is 22.1. The molecule has 1 heterocycles. The lowest BCUT2D eigenvalue weighted by Crippen LogP contribution is -2.33. The van der Waals surface area contributed by atoms with Crippen LogP contribution in [0.15, 0.2) is 84.5 Å². The monoisotopic (exact) mass is 479 g/mol. The summed E-state index contributed by atoms with van der Waals surface area (Å²) in [6.07, 6.45) is 4.28. The van der Waals surface area contributed by atoms with Gasteiger partial charge in [0, 0.05) is 16.9 Å². The van der Waals surface area contributed by atoms with E-state index < -0.39 is 0 Å². The molecule has 35 heavy (non-hydrogen) atoms. The number of amides is 2. The van der Waals surface area contributed by atoms with Gasteiger partial charge in [0.2, 0.25) is 11.8 Å². The van der Waals surface area contributed by atoms with Crippen LogP contribution in [0.1, 0.15) is 27.8 Å². The van der Waals surface area contributed by atoms with E-state index >= 15 is 0 Å². The first-order valence-corrected chi connectivity index (χ1v) is 12.4. The maximum atomic E-state index is 13.8. The Morgan fingerprint density at radius 2 is 1.20 bits per heavy atom.